The Kier molecular flexibility index (Phi) is 4.73. The van der Waals surface area contributed by atoms with Crippen molar-refractivity contribution in [3.05, 3.63) is 11.7 Å². The van der Waals surface area contributed by atoms with Gasteiger partial charge in [0.25, 0.3) is 0 Å². The number of hydrogen-bond acceptors (Lipinski definition) is 5. The first-order valence-electron chi connectivity index (χ1n) is 6.71. The minimum absolute atomic E-state index is 0.135. The van der Waals surface area contributed by atoms with Crippen molar-refractivity contribution < 1.29 is 13.5 Å². The summed E-state index contributed by atoms with van der Waals surface area (Å²) in [4.78, 5) is 4.32. The number of nitrogens with zero attached hydrogens (tertiary/aromatic N) is 2. The van der Waals surface area contributed by atoms with E-state index in [1.807, 2.05) is 20.8 Å². The third-order valence-corrected chi connectivity index (χ3v) is 4.60. The fourth-order valence-corrected chi connectivity index (χ4v) is 3.36. The van der Waals surface area contributed by atoms with Crippen LogP contribution in [0.25, 0.3) is 0 Å². The van der Waals surface area contributed by atoms with E-state index in [-0.39, 0.29) is 5.41 Å². The van der Waals surface area contributed by atoms with E-state index >= 15 is 0 Å². The molecule has 1 aliphatic rings. The van der Waals surface area contributed by atoms with Gasteiger partial charge in [-0.1, -0.05) is 25.9 Å². The Morgan fingerprint density at radius 1 is 1.32 bits per heavy atom. The van der Waals surface area contributed by atoms with Gasteiger partial charge in [-0.2, -0.15) is 4.98 Å². The molecular weight excluding hydrogens is 264 g/mol. The Morgan fingerprint density at radius 3 is 2.58 bits per heavy atom. The van der Waals surface area contributed by atoms with Gasteiger partial charge in [-0.15, -0.1) is 0 Å². The van der Waals surface area contributed by atoms with E-state index in [2.05, 4.69) is 10.1 Å². The normalized spacial score (nSPS) is 19.5. The molecule has 0 saturated carbocycles. The van der Waals surface area contributed by atoms with Crippen LogP contribution < -0.4 is 0 Å². The molecule has 1 saturated heterocycles. The first kappa shape index (κ1) is 14.7. The van der Waals surface area contributed by atoms with Crippen LogP contribution in [0, 0.1) is 5.92 Å². The fraction of sp³-hybridized carbons (Fsp3) is 0.846. The van der Waals surface area contributed by atoms with E-state index < -0.39 is 10.8 Å². The molecule has 2 rings (SSSR count). The predicted molar refractivity (Wildman–Crippen MR) is 73.3 cm³/mol. The second kappa shape index (κ2) is 6.13. The molecule has 1 atom stereocenters. The summed E-state index contributed by atoms with van der Waals surface area (Å²) in [5, 5.41) is 3.95. The lowest BCUT2D eigenvalue weighted by atomic mass is 9.96. The molecule has 108 valence electrons. The van der Waals surface area contributed by atoms with Crippen LogP contribution in [-0.4, -0.2) is 33.3 Å². The molecule has 1 aliphatic heterocycles. The van der Waals surface area contributed by atoms with Crippen molar-refractivity contribution >= 4 is 10.8 Å². The minimum atomic E-state index is -0.934. The summed E-state index contributed by atoms with van der Waals surface area (Å²) in [7, 11) is -0.934. The molecular formula is C13H22N2O3S. The molecule has 1 fully saturated rings. The summed E-state index contributed by atoms with van der Waals surface area (Å²) in [5.41, 5.74) is -0.135. The Labute approximate surface area is 116 Å². The van der Waals surface area contributed by atoms with E-state index in [9.17, 15) is 4.21 Å². The molecule has 0 N–H and O–H groups in total. The molecule has 0 unspecified atom stereocenters. The zero-order chi connectivity index (χ0) is 13.9. The highest BCUT2D eigenvalue weighted by molar-refractivity contribution is 7.84. The van der Waals surface area contributed by atoms with Crippen LogP contribution in [-0.2, 0) is 26.7 Å². The zero-order valence-electron chi connectivity index (χ0n) is 11.8. The van der Waals surface area contributed by atoms with Crippen molar-refractivity contribution in [2.24, 2.45) is 5.92 Å². The van der Waals surface area contributed by atoms with Crippen molar-refractivity contribution in [3.63, 3.8) is 0 Å². The topological polar surface area (TPSA) is 65.2 Å². The highest BCUT2D eigenvalue weighted by Gasteiger charge is 2.22. The predicted octanol–water partition coefficient (Wildman–Crippen LogP) is 2.04. The Bertz CT molecular complexity index is 433. The average molecular weight is 286 g/mol. The van der Waals surface area contributed by atoms with Gasteiger partial charge in [-0.25, -0.2) is 0 Å². The summed E-state index contributed by atoms with van der Waals surface area (Å²) in [6, 6.07) is 0. The van der Waals surface area contributed by atoms with Crippen molar-refractivity contribution in [2.45, 2.75) is 44.8 Å². The van der Waals surface area contributed by atoms with E-state index in [0.29, 0.717) is 29.1 Å². The van der Waals surface area contributed by atoms with Crippen molar-refractivity contribution in [1.82, 2.24) is 10.1 Å². The first-order chi connectivity index (χ1) is 8.95. The maximum atomic E-state index is 12.1. The summed E-state index contributed by atoms with van der Waals surface area (Å²) in [6.07, 6.45) is 2.01. The molecule has 0 bridgehead atoms. The van der Waals surface area contributed by atoms with Crippen molar-refractivity contribution in [1.29, 1.82) is 0 Å². The summed E-state index contributed by atoms with van der Waals surface area (Å²) in [6.45, 7) is 7.66. The smallest absolute Gasteiger partial charge is 0.239 e. The second-order valence-electron chi connectivity index (χ2n) is 6.07. The molecule has 0 amide bonds. The summed E-state index contributed by atoms with van der Waals surface area (Å²) < 4.78 is 22.6. The molecule has 19 heavy (non-hydrogen) atoms. The third kappa shape index (κ3) is 4.38. The quantitative estimate of drug-likeness (QED) is 0.847. The van der Waals surface area contributed by atoms with Gasteiger partial charge in [0.05, 0.1) is 0 Å². The van der Waals surface area contributed by atoms with Gasteiger partial charge in [-0.05, 0) is 18.8 Å². The highest BCUT2D eigenvalue weighted by Crippen LogP contribution is 2.20. The standard InChI is InChI=1S/C13H22N2O3S/c1-13(2,3)12-14-11(18-15-12)9-19(16)8-10-4-6-17-7-5-10/h10H,4-9H2,1-3H3/t19-/m1/s1. The van der Waals surface area contributed by atoms with Crippen LogP contribution in [0.1, 0.15) is 45.3 Å². The Balaban J connectivity index is 1.86. The first-order valence-corrected chi connectivity index (χ1v) is 8.20. The molecule has 2 heterocycles. The van der Waals surface area contributed by atoms with Crippen molar-refractivity contribution in [3.8, 4) is 0 Å². The van der Waals surface area contributed by atoms with Gasteiger partial charge in [0.15, 0.2) is 5.82 Å². The number of ether oxygens (including phenoxy) is 1. The van der Waals surface area contributed by atoms with Gasteiger partial charge in [0.1, 0.15) is 5.75 Å². The Hall–Kier alpha value is -0.750. The van der Waals surface area contributed by atoms with Crippen LogP contribution in [0.15, 0.2) is 4.52 Å². The van der Waals surface area contributed by atoms with Crippen LogP contribution in [0.3, 0.4) is 0 Å². The van der Waals surface area contributed by atoms with Crippen molar-refractivity contribution in [2.75, 3.05) is 19.0 Å². The van der Waals surface area contributed by atoms with E-state index in [4.69, 9.17) is 9.26 Å². The summed E-state index contributed by atoms with van der Waals surface area (Å²) in [5.74, 6) is 2.72. The zero-order valence-corrected chi connectivity index (χ0v) is 12.7. The molecule has 6 heteroatoms. The van der Waals surface area contributed by atoms with Gasteiger partial charge < -0.3 is 9.26 Å². The number of hydrogen-bond donors (Lipinski definition) is 0. The van der Waals surface area contributed by atoms with E-state index in [0.717, 1.165) is 26.1 Å². The molecule has 5 nitrogen and oxygen atoms in total. The Morgan fingerprint density at radius 2 is 2.00 bits per heavy atom. The lowest BCUT2D eigenvalue weighted by Gasteiger charge is -2.20. The largest absolute Gasteiger partial charge is 0.381 e. The van der Waals surface area contributed by atoms with Gasteiger partial charge in [0.2, 0.25) is 5.89 Å². The average Bonchev–Trinajstić information content (AvgIpc) is 2.78. The van der Waals surface area contributed by atoms with Crippen LogP contribution in [0.2, 0.25) is 0 Å². The molecule has 0 aliphatic carbocycles. The van der Waals surface area contributed by atoms with E-state index in [1.54, 1.807) is 0 Å². The fourth-order valence-electron chi connectivity index (χ4n) is 1.99. The van der Waals surface area contributed by atoms with Crippen LogP contribution in [0.4, 0.5) is 0 Å². The van der Waals surface area contributed by atoms with Crippen LogP contribution in [0.5, 0.6) is 0 Å². The maximum absolute atomic E-state index is 12.1. The number of aromatic nitrogens is 2. The summed E-state index contributed by atoms with van der Waals surface area (Å²) >= 11 is 0. The number of rotatable bonds is 4. The molecule has 1 aromatic heterocycles. The molecule has 1 aromatic rings. The second-order valence-corrected chi connectivity index (χ2v) is 7.57. The minimum Gasteiger partial charge on any atom is -0.381 e. The van der Waals surface area contributed by atoms with Gasteiger partial charge in [0, 0.05) is 35.2 Å². The van der Waals surface area contributed by atoms with Gasteiger partial charge in [-0.3, -0.25) is 4.21 Å². The molecule has 0 radical (unpaired) electrons. The maximum Gasteiger partial charge on any atom is 0.239 e. The lowest BCUT2D eigenvalue weighted by molar-refractivity contribution is 0.0725. The monoisotopic (exact) mass is 286 g/mol. The van der Waals surface area contributed by atoms with Gasteiger partial charge >= 0.3 is 0 Å². The SMILES string of the molecule is CC(C)(C)c1noc(C[S@](=O)CC2CCOCC2)n1. The molecule has 0 aromatic carbocycles. The third-order valence-electron chi connectivity index (χ3n) is 3.19. The highest BCUT2D eigenvalue weighted by atomic mass is 32.2. The molecule has 0 spiro atoms. The lowest BCUT2D eigenvalue weighted by Crippen LogP contribution is -2.21. The van der Waals surface area contributed by atoms with E-state index in [1.165, 1.54) is 0 Å². The van der Waals surface area contributed by atoms with Crippen LogP contribution >= 0.6 is 0 Å².